The lowest BCUT2D eigenvalue weighted by Crippen LogP contribution is -2.36. The summed E-state index contributed by atoms with van der Waals surface area (Å²) in [6.45, 7) is 9.94. The molecule has 1 saturated carbocycles. The number of carbonyl (C=O) groups excluding carboxylic acids is 1. The van der Waals surface area contributed by atoms with Crippen LogP contribution in [0.5, 0.6) is 0 Å². The van der Waals surface area contributed by atoms with Gasteiger partial charge in [0.25, 0.3) is 0 Å². The van der Waals surface area contributed by atoms with Gasteiger partial charge in [-0.2, -0.15) is 0 Å². The molecule has 0 aromatic heterocycles. The van der Waals surface area contributed by atoms with Gasteiger partial charge in [0, 0.05) is 6.42 Å². The fraction of sp³-hybridized carbons (Fsp3) is 0.706. The Labute approximate surface area is 132 Å². The molecule has 1 fully saturated rings. The van der Waals surface area contributed by atoms with Gasteiger partial charge in [-0.25, -0.2) is 4.79 Å². The van der Waals surface area contributed by atoms with Crippen LogP contribution < -0.4 is 0 Å². The van der Waals surface area contributed by atoms with Crippen molar-refractivity contribution in [2.24, 2.45) is 17.8 Å². The van der Waals surface area contributed by atoms with Crippen molar-refractivity contribution in [1.29, 1.82) is 5.39 Å². The molecule has 0 spiro atoms. The summed E-state index contributed by atoms with van der Waals surface area (Å²) in [7, 11) is 0. The number of hydrogen-bond acceptors (Lipinski definition) is 4. The summed E-state index contributed by atoms with van der Waals surface area (Å²) in [4.78, 5) is 15.1. The first kappa shape index (κ1) is 18.2. The van der Waals surface area contributed by atoms with E-state index in [1.165, 1.54) is 0 Å². The van der Waals surface area contributed by atoms with Gasteiger partial charge in [-0.15, -0.1) is 6.58 Å². The molecule has 5 nitrogen and oxygen atoms in total. The Balaban J connectivity index is 2.83. The van der Waals surface area contributed by atoms with Crippen molar-refractivity contribution >= 4 is 5.97 Å². The van der Waals surface area contributed by atoms with E-state index in [1.54, 1.807) is 6.08 Å². The minimum Gasteiger partial charge on any atom is -0.505 e. The summed E-state index contributed by atoms with van der Waals surface area (Å²) in [5.41, 5.74) is -0.400. The predicted octanol–water partition coefficient (Wildman–Crippen LogP) is 4.58. The molecular formula is C17H27N2O3+. The van der Waals surface area contributed by atoms with Gasteiger partial charge in [0.2, 0.25) is 5.39 Å². The highest BCUT2D eigenvalue weighted by Gasteiger charge is 2.38. The van der Waals surface area contributed by atoms with Gasteiger partial charge in [0.15, 0.2) is 10.7 Å². The summed E-state index contributed by atoms with van der Waals surface area (Å²) in [6.07, 6.45) is 5.08. The van der Waals surface area contributed by atoms with Crippen LogP contribution in [-0.4, -0.2) is 17.2 Å². The third-order valence-electron chi connectivity index (χ3n) is 4.37. The highest BCUT2D eigenvalue weighted by atomic mass is 16.5. The lowest BCUT2D eigenvalue weighted by atomic mass is 9.75. The molecule has 0 aromatic rings. The standard InChI is InChI=1S/C17H26N2O3/c1-5-6-7-14(20)16(19-18)17(21)22-15-10-12(4)8-9-13(15)11(2)3/h5,11-13,15H,1,6-10H2,2-4H3/p+1/t12-,13+,15-/m1/s1. The molecule has 3 atom stereocenters. The largest absolute Gasteiger partial charge is 0.505 e. The first-order valence-corrected chi connectivity index (χ1v) is 7.99. The molecule has 0 saturated heterocycles. The molecule has 5 heteroatoms. The summed E-state index contributed by atoms with van der Waals surface area (Å²) >= 11 is 0. The van der Waals surface area contributed by atoms with E-state index in [2.05, 4.69) is 32.3 Å². The van der Waals surface area contributed by atoms with Crippen molar-refractivity contribution in [1.82, 2.24) is 0 Å². The first-order valence-electron chi connectivity index (χ1n) is 7.99. The molecule has 0 heterocycles. The number of rotatable bonds is 6. The average molecular weight is 307 g/mol. The van der Waals surface area contributed by atoms with Crippen LogP contribution in [0.2, 0.25) is 0 Å². The van der Waals surface area contributed by atoms with Crippen molar-refractivity contribution < 1.29 is 14.6 Å². The smallest absolute Gasteiger partial charge is 0.505 e. The molecular weight excluding hydrogens is 280 g/mol. The van der Waals surface area contributed by atoms with Crippen LogP contribution >= 0.6 is 0 Å². The number of hydrogen-bond donors (Lipinski definition) is 1. The molecule has 0 unspecified atom stereocenters. The highest BCUT2D eigenvalue weighted by molar-refractivity contribution is 5.90. The lowest BCUT2D eigenvalue weighted by Gasteiger charge is -2.36. The third-order valence-corrected chi connectivity index (χ3v) is 4.37. The van der Waals surface area contributed by atoms with E-state index in [1.807, 2.05) is 0 Å². The quantitative estimate of drug-likeness (QED) is 0.256. The Morgan fingerprint density at radius 3 is 2.73 bits per heavy atom. The molecule has 122 valence electrons. The number of aliphatic hydroxyl groups excluding tert-OH is 1. The minimum absolute atomic E-state index is 0.194. The maximum atomic E-state index is 12.2. The van der Waals surface area contributed by atoms with E-state index >= 15 is 0 Å². The van der Waals surface area contributed by atoms with Crippen molar-refractivity contribution in [2.75, 3.05) is 0 Å². The molecule has 0 radical (unpaired) electrons. The first-order chi connectivity index (χ1) is 10.4. The van der Waals surface area contributed by atoms with Gasteiger partial charge in [0.05, 0.1) is 0 Å². The van der Waals surface area contributed by atoms with Gasteiger partial charge in [0.1, 0.15) is 6.10 Å². The molecule has 22 heavy (non-hydrogen) atoms. The van der Waals surface area contributed by atoms with Crippen molar-refractivity contribution in [3.8, 4) is 0 Å². The molecule has 0 aromatic carbocycles. The Bertz CT molecular complexity index is 477. The van der Waals surface area contributed by atoms with Gasteiger partial charge >= 0.3 is 11.7 Å². The third kappa shape index (κ3) is 4.87. The lowest BCUT2D eigenvalue weighted by molar-refractivity contribution is -0.150. The molecule has 1 rings (SSSR count). The second-order valence-corrected chi connectivity index (χ2v) is 6.49. The maximum absolute atomic E-state index is 12.2. The Morgan fingerprint density at radius 1 is 1.50 bits per heavy atom. The van der Waals surface area contributed by atoms with Crippen molar-refractivity contribution in [2.45, 2.75) is 59.0 Å². The van der Waals surface area contributed by atoms with Gasteiger partial charge in [-0.3, -0.25) is 0 Å². The second-order valence-electron chi connectivity index (χ2n) is 6.49. The van der Waals surface area contributed by atoms with E-state index < -0.39 is 11.7 Å². The van der Waals surface area contributed by atoms with Crippen molar-refractivity contribution in [3.05, 3.63) is 29.1 Å². The molecule has 0 aliphatic heterocycles. The molecule has 1 N–H and O–H groups in total. The minimum atomic E-state index is -0.756. The fourth-order valence-corrected chi connectivity index (χ4v) is 3.02. The number of aliphatic hydroxyl groups is 1. The predicted molar refractivity (Wildman–Crippen MR) is 85.4 cm³/mol. The van der Waals surface area contributed by atoms with Crippen LogP contribution in [0.15, 0.2) is 24.1 Å². The second kappa shape index (κ2) is 8.57. The fourth-order valence-electron chi connectivity index (χ4n) is 3.02. The van der Waals surface area contributed by atoms with Crippen LogP contribution in [0.4, 0.5) is 0 Å². The summed E-state index contributed by atoms with van der Waals surface area (Å²) < 4.78 is 5.55. The number of ether oxygens (including phenoxy) is 1. The summed E-state index contributed by atoms with van der Waals surface area (Å²) in [5.74, 6) is 0.195. The zero-order chi connectivity index (χ0) is 16.7. The van der Waals surface area contributed by atoms with Crippen LogP contribution in [0.25, 0.3) is 4.98 Å². The Hall–Kier alpha value is -1.83. The average Bonchev–Trinajstić information content (AvgIpc) is 2.45. The topological polar surface area (TPSA) is 74.7 Å². The monoisotopic (exact) mass is 307 g/mol. The molecule has 0 bridgehead atoms. The molecule has 0 amide bonds. The van der Waals surface area contributed by atoms with E-state index in [-0.39, 0.29) is 18.3 Å². The Kier molecular flexibility index (Phi) is 7.10. The number of nitrogens with zero attached hydrogens (tertiary/aromatic N) is 2. The SMILES string of the molecule is C=CCC/C(O)=C(\[N+]#N)C(=O)O[C@@H]1C[C@H](C)CC[C@H]1C(C)C. The normalized spacial score (nSPS) is 26.0. The number of diazo groups is 1. The molecule has 1 aliphatic rings. The number of allylic oxidation sites excluding steroid dienone is 2. The number of carbonyl (C=O) groups is 1. The van der Waals surface area contributed by atoms with Crippen LogP contribution in [0.1, 0.15) is 52.9 Å². The number of esters is 1. The highest BCUT2D eigenvalue weighted by Crippen LogP contribution is 2.35. The van der Waals surface area contributed by atoms with Crippen LogP contribution in [0.3, 0.4) is 0 Å². The van der Waals surface area contributed by atoms with Crippen LogP contribution in [0, 0.1) is 23.1 Å². The summed E-state index contributed by atoms with van der Waals surface area (Å²) in [6, 6.07) is 0. The zero-order valence-electron chi connectivity index (χ0n) is 13.8. The van der Waals surface area contributed by atoms with Crippen molar-refractivity contribution in [3.63, 3.8) is 0 Å². The zero-order valence-corrected chi connectivity index (χ0v) is 13.8. The Morgan fingerprint density at radius 2 is 2.18 bits per heavy atom. The van der Waals surface area contributed by atoms with Crippen LogP contribution in [-0.2, 0) is 9.53 Å². The van der Waals surface area contributed by atoms with Gasteiger partial charge in [-0.05, 0) is 37.0 Å². The van der Waals surface area contributed by atoms with Gasteiger partial charge in [-0.1, -0.05) is 33.3 Å². The van der Waals surface area contributed by atoms with Gasteiger partial charge < -0.3 is 9.84 Å². The van der Waals surface area contributed by atoms with E-state index in [0.29, 0.717) is 24.2 Å². The van der Waals surface area contributed by atoms with E-state index in [9.17, 15) is 9.90 Å². The van der Waals surface area contributed by atoms with E-state index in [4.69, 9.17) is 10.1 Å². The van der Waals surface area contributed by atoms with E-state index in [0.717, 1.165) is 19.3 Å². The summed E-state index contributed by atoms with van der Waals surface area (Å²) in [5, 5.41) is 18.8. The molecule has 1 aliphatic carbocycles. The maximum Gasteiger partial charge on any atom is 0.505 e.